The summed E-state index contributed by atoms with van der Waals surface area (Å²) in [5.41, 5.74) is 0.461. The average Bonchev–Trinajstić information content (AvgIpc) is 2.93. The number of imide groups is 1. The van der Waals surface area contributed by atoms with Gasteiger partial charge in [-0.2, -0.15) is 0 Å². The molecule has 1 aliphatic rings. The lowest BCUT2D eigenvalue weighted by Gasteiger charge is -2.13. The van der Waals surface area contributed by atoms with Crippen molar-refractivity contribution in [1.82, 2.24) is 14.9 Å². The Morgan fingerprint density at radius 3 is 2.75 bits per heavy atom. The summed E-state index contributed by atoms with van der Waals surface area (Å²) in [5, 5.41) is 2.36. The van der Waals surface area contributed by atoms with Gasteiger partial charge in [0.25, 0.3) is 11.5 Å². The van der Waals surface area contributed by atoms with E-state index in [1.165, 1.54) is 19.1 Å². The van der Waals surface area contributed by atoms with Crippen LogP contribution in [-0.4, -0.2) is 40.7 Å². The number of ether oxygens (including phenoxy) is 2. The van der Waals surface area contributed by atoms with Crippen LogP contribution in [0.4, 0.5) is 4.79 Å². The molecular formula is C19H21N3O6. The topological polar surface area (TPSA) is 117 Å². The Morgan fingerprint density at radius 1 is 1.21 bits per heavy atom. The summed E-state index contributed by atoms with van der Waals surface area (Å²) in [4.78, 5) is 52.5. The third-order valence-electron chi connectivity index (χ3n) is 4.62. The van der Waals surface area contributed by atoms with Crippen LogP contribution >= 0.6 is 0 Å². The van der Waals surface area contributed by atoms with Gasteiger partial charge in [0.05, 0.1) is 23.6 Å². The summed E-state index contributed by atoms with van der Waals surface area (Å²) in [5.74, 6) is -0.847. The number of nitrogens with zero attached hydrogens (tertiary/aromatic N) is 2. The number of esters is 1. The van der Waals surface area contributed by atoms with E-state index in [0.717, 1.165) is 26.4 Å². The van der Waals surface area contributed by atoms with E-state index in [2.05, 4.69) is 9.72 Å². The molecule has 2 amide bonds. The van der Waals surface area contributed by atoms with Crippen LogP contribution in [0.1, 0.15) is 42.4 Å². The normalized spacial score (nSPS) is 14.5. The zero-order chi connectivity index (χ0) is 20.3. The molecule has 0 saturated heterocycles. The molecule has 0 spiro atoms. The number of fused-ring (bicyclic) bond motifs is 2. The number of methoxy groups -OCH3 is 1. The highest BCUT2D eigenvalue weighted by Crippen LogP contribution is 2.17. The number of hydrogen-bond acceptors (Lipinski definition) is 7. The minimum absolute atomic E-state index is 0.118. The first kappa shape index (κ1) is 19.5. The molecule has 0 aliphatic carbocycles. The SMILES string of the molecule is COC(=O)NC(=O)[C@H](C)OC(=O)c1ccc2c(=O)n3c(nc2c1)CCCCC3. The van der Waals surface area contributed by atoms with Gasteiger partial charge < -0.3 is 9.47 Å². The average molecular weight is 387 g/mol. The Labute approximate surface area is 160 Å². The largest absolute Gasteiger partial charge is 0.453 e. The number of carbonyl (C=O) groups is 3. The predicted molar refractivity (Wildman–Crippen MR) is 99.0 cm³/mol. The summed E-state index contributed by atoms with van der Waals surface area (Å²) in [6.07, 6.45) is 1.52. The molecule has 0 saturated carbocycles. The zero-order valence-corrected chi connectivity index (χ0v) is 15.7. The van der Waals surface area contributed by atoms with E-state index in [9.17, 15) is 19.2 Å². The second kappa shape index (κ2) is 8.20. The van der Waals surface area contributed by atoms with E-state index in [1.54, 1.807) is 10.6 Å². The Kier molecular flexibility index (Phi) is 5.72. The highest BCUT2D eigenvalue weighted by Gasteiger charge is 2.22. The second-order valence-electron chi connectivity index (χ2n) is 6.56. The van der Waals surface area contributed by atoms with Crippen LogP contribution in [0.15, 0.2) is 23.0 Å². The first-order chi connectivity index (χ1) is 13.4. The van der Waals surface area contributed by atoms with Crippen LogP contribution in [0.5, 0.6) is 0 Å². The van der Waals surface area contributed by atoms with Crippen LogP contribution in [0.3, 0.4) is 0 Å². The molecule has 2 aromatic rings. The Bertz CT molecular complexity index is 997. The molecule has 1 N–H and O–H groups in total. The van der Waals surface area contributed by atoms with Gasteiger partial charge in [-0.15, -0.1) is 0 Å². The Morgan fingerprint density at radius 2 is 2.00 bits per heavy atom. The molecule has 9 nitrogen and oxygen atoms in total. The Hall–Kier alpha value is -3.23. The summed E-state index contributed by atoms with van der Waals surface area (Å²) in [7, 11) is 1.12. The minimum Gasteiger partial charge on any atom is -0.453 e. The molecule has 1 aromatic heterocycles. The molecule has 0 unspecified atom stereocenters. The van der Waals surface area contributed by atoms with Gasteiger partial charge >= 0.3 is 12.1 Å². The third-order valence-corrected chi connectivity index (χ3v) is 4.62. The van der Waals surface area contributed by atoms with E-state index in [-0.39, 0.29) is 11.1 Å². The van der Waals surface area contributed by atoms with E-state index in [1.807, 2.05) is 5.32 Å². The lowest BCUT2D eigenvalue weighted by Crippen LogP contribution is -2.39. The fourth-order valence-corrected chi connectivity index (χ4v) is 3.08. The summed E-state index contributed by atoms with van der Waals surface area (Å²) < 4.78 is 11.1. The van der Waals surface area contributed by atoms with Crippen LogP contribution in [0.2, 0.25) is 0 Å². The third kappa shape index (κ3) is 4.03. The molecule has 148 valence electrons. The van der Waals surface area contributed by atoms with Gasteiger partial charge in [0.2, 0.25) is 0 Å². The predicted octanol–water partition coefficient (Wildman–Crippen LogP) is 1.55. The van der Waals surface area contributed by atoms with E-state index < -0.39 is 24.1 Å². The maximum Gasteiger partial charge on any atom is 0.413 e. The standard InChI is InChI=1S/C19H21N3O6/c1-11(16(23)21-19(26)27-2)28-18(25)12-7-8-13-14(10-12)20-15-6-4-3-5-9-22(15)17(13)24/h7-8,10-11H,3-6,9H2,1-2H3,(H,21,23,26)/t11-/m0/s1. The van der Waals surface area contributed by atoms with E-state index in [4.69, 9.17) is 4.74 Å². The lowest BCUT2D eigenvalue weighted by atomic mass is 10.1. The maximum atomic E-state index is 12.7. The molecule has 9 heteroatoms. The van der Waals surface area contributed by atoms with Crippen molar-refractivity contribution in [3.05, 3.63) is 39.9 Å². The molecule has 1 atom stereocenters. The molecule has 1 aliphatic heterocycles. The molecular weight excluding hydrogens is 366 g/mol. The number of aromatic nitrogens is 2. The fourth-order valence-electron chi connectivity index (χ4n) is 3.08. The van der Waals surface area contributed by atoms with Crippen LogP contribution < -0.4 is 10.9 Å². The maximum absolute atomic E-state index is 12.7. The minimum atomic E-state index is -1.20. The van der Waals surface area contributed by atoms with Crippen LogP contribution in [0.25, 0.3) is 10.9 Å². The van der Waals surface area contributed by atoms with Crippen molar-refractivity contribution in [2.75, 3.05) is 7.11 Å². The number of hydrogen-bond donors (Lipinski definition) is 1. The van der Waals surface area contributed by atoms with Gasteiger partial charge in [0, 0.05) is 13.0 Å². The number of amides is 2. The zero-order valence-electron chi connectivity index (χ0n) is 15.7. The van der Waals surface area contributed by atoms with Gasteiger partial charge in [-0.25, -0.2) is 14.6 Å². The van der Waals surface area contributed by atoms with Crippen molar-refractivity contribution in [1.29, 1.82) is 0 Å². The molecule has 28 heavy (non-hydrogen) atoms. The highest BCUT2D eigenvalue weighted by atomic mass is 16.6. The summed E-state index contributed by atoms with van der Waals surface area (Å²) >= 11 is 0. The summed E-state index contributed by atoms with van der Waals surface area (Å²) in [6.45, 7) is 1.98. The van der Waals surface area contributed by atoms with Crippen molar-refractivity contribution in [3.8, 4) is 0 Å². The molecule has 0 radical (unpaired) electrons. The van der Waals surface area contributed by atoms with E-state index in [0.29, 0.717) is 29.7 Å². The van der Waals surface area contributed by atoms with E-state index >= 15 is 0 Å². The van der Waals surface area contributed by atoms with Gasteiger partial charge in [-0.1, -0.05) is 6.42 Å². The lowest BCUT2D eigenvalue weighted by molar-refractivity contribution is -0.128. The number of benzene rings is 1. The molecule has 3 rings (SSSR count). The molecule has 0 fully saturated rings. The molecule has 2 heterocycles. The van der Waals surface area contributed by atoms with Gasteiger partial charge in [-0.3, -0.25) is 19.5 Å². The van der Waals surface area contributed by atoms with Crippen molar-refractivity contribution < 1.29 is 23.9 Å². The fraction of sp³-hybridized carbons (Fsp3) is 0.421. The molecule has 1 aromatic carbocycles. The summed E-state index contributed by atoms with van der Waals surface area (Å²) in [6, 6.07) is 4.48. The van der Waals surface area contributed by atoms with Gasteiger partial charge in [-0.05, 0) is 38.0 Å². The van der Waals surface area contributed by atoms with Crippen molar-refractivity contribution >= 4 is 28.9 Å². The van der Waals surface area contributed by atoms with Crippen LogP contribution in [0, 0.1) is 0 Å². The molecule has 0 bridgehead atoms. The van der Waals surface area contributed by atoms with Crippen molar-refractivity contribution in [3.63, 3.8) is 0 Å². The van der Waals surface area contributed by atoms with Crippen LogP contribution in [-0.2, 0) is 27.2 Å². The van der Waals surface area contributed by atoms with Gasteiger partial charge in [0.15, 0.2) is 6.10 Å². The number of nitrogens with one attached hydrogen (secondary N) is 1. The van der Waals surface area contributed by atoms with Crippen molar-refractivity contribution in [2.45, 2.75) is 45.3 Å². The van der Waals surface area contributed by atoms with Crippen molar-refractivity contribution in [2.24, 2.45) is 0 Å². The first-order valence-corrected chi connectivity index (χ1v) is 9.04. The quantitative estimate of drug-likeness (QED) is 0.794. The number of rotatable bonds is 3. The smallest absolute Gasteiger partial charge is 0.413 e. The highest BCUT2D eigenvalue weighted by molar-refractivity contribution is 5.98. The number of alkyl carbamates (subject to hydrolysis) is 1. The number of carbonyl (C=O) groups excluding carboxylic acids is 3. The first-order valence-electron chi connectivity index (χ1n) is 9.04. The number of aryl methyl sites for hydroxylation is 1. The van der Waals surface area contributed by atoms with Gasteiger partial charge in [0.1, 0.15) is 5.82 Å². The monoisotopic (exact) mass is 387 g/mol. The second-order valence-corrected chi connectivity index (χ2v) is 6.56. The Balaban J connectivity index is 1.83.